The molecule has 0 saturated carbocycles. The van der Waals surface area contributed by atoms with Crippen LogP contribution in [-0.4, -0.2) is 60.1 Å². The highest BCUT2D eigenvalue weighted by atomic mass is 16.4. The van der Waals surface area contributed by atoms with E-state index in [1.54, 1.807) is 0 Å². The van der Waals surface area contributed by atoms with Gasteiger partial charge in [-0.3, -0.25) is 9.69 Å². The SMILES string of the molecule is CN1CCCC(N2CCC(CCC(=O)O)CC2)C1. The summed E-state index contributed by atoms with van der Waals surface area (Å²) in [5, 5.41) is 8.71. The molecular formula is C14H26N2O2. The summed E-state index contributed by atoms with van der Waals surface area (Å²) >= 11 is 0. The number of rotatable bonds is 4. The Bertz CT molecular complexity index is 275. The maximum Gasteiger partial charge on any atom is 0.303 e. The minimum atomic E-state index is -0.647. The van der Waals surface area contributed by atoms with Crippen LogP contribution in [0.2, 0.25) is 0 Å². The smallest absolute Gasteiger partial charge is 0.303 e. The molecule has 4 heteroatoms. The zero-order valence-corrected chi connectivity index (χ0v) is 11.5. The van der Waals surface area contributed by atoms with Gasteiger partial charge >= 0.3 is 5.97 Å². The van der Waals surface area contributed by atoms with Gasteiger partial charge < -0.3 is 10.0 Å². The lowest BCUT2D eigenvalue weighted by Crippen LogP contribution is -2.49. The number of carboxylic acids is 1. The van der Waals surface area contributed by atoms with E-state index < -0.39 is 5.97 Å². The molecule has 104 valence electrons. The Morgan fingerprint density at radius 1 is 1.22 bits per heavy atom. The summed E-state index contributed by atoms with van der Waals surface area (Å²) in [5.41, 5.74) is 0. The Morgan fingerprint density at radius 2 is 1.94 bits per heavy atom. The van der Waals surface area contributed by atoms with Crippen molar-refractivity contribution >= 4 is 5.97 Å². The zero-order valence-electron chi connectivity index (χ0n) is 11.5. The lowest BCUT2D eigenvalue weighted by molar-refractivity contribution is -0.137. The first-order chi connectivity index (χ1) is 8.65. The van der Waals surface area contributed by atoms with Crippen LogP contribution in [0, 0.1) is 5.92 Å². The maximum absolute atomic E-state index is 10.6. The average molecular weight is 254 g/mol. The number of piperidine rings is 2. The number of hydrogen-bond donors (Lipinski definition) is 1. The molecule has 1 N–H and O–H groups in total. The highest BCUT2D eigenvalue weighted by Crippen LogP contribution is 2.25. The summed E-state index contributed by atoms with van der Waals surface area (Å²) in [4.78, 5) is 15.6. The summed E-state index contributed by atoms with van der Waals surface area (Å²) in [6.07, 6.45) is 6.25. The quantitative estimate of drug-likeness (QED) is 0.828. The second-order valence-electron chi connectivity index (χ2n) is 5.97. The standard InChI is InChI=1S/C14H26N2O2/c1-15-8-2-3-13(11-15)16-9-6-12(7-10-16)4-5-14(17)18/h12-13H,2-11H2,1H3,(H,17,18). The lowest BCUT2D eigenvalue weighted by Gasteiger charge is -2.41. The fraction of sp³-hybridized carbons (Fsp3) is 0.929. The average Bonchev–Trinajstić information content (AvgIpc) is 2.37. The van der Waals surface area contributed by atoms with Gasteiger partial charge in [-0.2, -0.15) is 0 Å². The molecule has 2 heterocycles. The molecule has 0 amide bonds. The molecule has 2 fully saturated rings. The van der Waals surface area contributed by atoms with Crippen molar-refractivity contribution in [1.82, 2.24) is 9.80 Å². The van der Waals surface area contributed by atoms with Crippen molar-refractivity contribution in [3.8, 4) is 0 Å². The van der Waals surface area contributed by atoms with E-state index in [-0.39, 0.29) is 0 Å². The lowest BCUT2D eigenvalue weighted by atomic mass is 9.90. The normalized spacial score (nSPS) is 28.4. The topological polar surface area (TPSA) is 43.8 Å². The molecule has 0 bridgehead atoms. The van der Waals surface area contributed by atoms with Crippen molar-refractivity contribution in [3.05, 3.63) is 0 Å². The molecule has 0 spiro atoms. The van der Waals surface area contributed by atoms with Crippen molar-refractivity contribution in [2.75, 3.05) is 33.2 Å². The number of likely N-dealkylation sites (tertiary alicyclic amines) is 2. The van der Waals surface area contributed by atoms with Gasteiger partial charge in [-0.1, -0.05) is 0 Å². The third kappa shape index (κ3) is 3.95. The van der Waals surface area contributed by atoms with Gasteiger partial charge in [0.2, 0.25) is 0 Å². The Hall–Kier alpha value is -0.610. The first-order valence-electron chi connectivity index (χ1n) is 7.29. The van der Waals surface area contributed by atoms with Crippen molar-refractivity contribution in [3.63, 3.8) is 0 Å². The van der Waals surface area contributed by atoms with Gasteiger partial charge in [-0.25, -0.2) is 0 Å². The predicted octanol–water partition coefficient (Wildman–Crippen LogP) is 1.66. The summed E-state index contributed by atoms with van der Waals surface area (Å²) in [7, 11) is 2.21. The monoisotopic (exact) mass is 254 g/mol. The second kappa shape index (κ2) is 6.53. The van der Waals surface area contributed by atoms with Crippen molar-refractivity contribution in [2.45, 2.75) is 44.6 Å². The van der Waals surface area contributed by atoms with E-state index in [9.17, 15) is 4.79 Å². The van der Waals surface area contributed by atoms with E-state index >= 15 is 0 Å². The van der Waals surface area contributed by atoms with Gasteiger partial charge in [-0.15, -0.1) is 0 Å². The molecule has 0 aromatic heterocycles. The summed E-state index contributed by atoms with van der Waals surface area (Å²) in [6.45, 7) is 4.79. The van der Waals surface area contributed by atoms with Crippen LogP contribution < -0.4 is 0 Å². The molecule has 18 heavy (non-hydrogen) atoms. The Labute approximate surface area is 110 Å². The van der Waals surface area contributed by atoms with Gasteiger partial charge in [0.25, 0.3) is 0 Å². The Balaban J connectivity index is 1.71. The fourth-order valence-electron chi connectivity index (χ4n) is 3.37. The molecule has 1 atom stereocenters. The minimum Gasteiger partial charge on any atom is -0.481 e. The Kier molecular flexibility index (Phi) is 5.01. The van der Waals surface area contributed by atoms with Gasteiger partial charge in [-0.05, 0) is 64.7 Å². The van der Waals surface area contributed by atoms with Gasteiger partial charge in [0, 0.05) is 19.0 Å². The van der Waals surface area contributed by atoms with Crippen LogP contribution >= 0.6 is 0 Å². The number of aliphatic carboxylic acids is 1. The van der Waals surface area contributed by atoms with Crippen LogP contribution in [0.1, 0.15) is 38.5 Å². The summed E-state index contributed by atoms with van der Waals surface area (Å²) < 4.78 is 0. The first-order valence-corrected chi connectivity index (χ1v) is 7.29. The summed E-state index contributed by atoms with van der Waals surface area (Å²) in [5.74, 6) is -0.00925. The molecule has 2 aliphatic heterocycles. The molecule has 4 nitrogen and oxygen atoms in total. The third-order valence-electron chi connectivity index (χ3n) is 4.53. The molecule has 1 unspecified atom stereocenters. The van der Waals surface area contributed by atoms with Gasteiger partial charge in [0.05, 0.1) is 0 Å². The highest BCUT2D eigenvalue weighted by Gasteiger charge is 2.27. The van der Waals surface area contributed by atoms with Crippen molar-refractivity contribution in [2.24, 2.45) is 5.92 Å². The highest BCUT2D eigenvalue weighted by molar-refractivity contribution is 5.66. The molecule has 0 aromatic rings. The van der Waals surface area contributed by atoms with Crippen LogP contribution in [-0.2, 0) is 4.79 Å². The summed E-state index contributed by atoms with van der Waals surface area (Å²) in [6, 6.07) is 0.740. The van der Waals surface area contributed by atoms with E-state index in [0.717, 1.165) is 12.5 Å². The molecule has 2 saturated heterocycles. The van der Waals surface area contributed by atoms with E-state index in [4.69, 9.17) is 5.11 Å². The van der Waals surface area contributed by atoms with Crippen LogP contribution in [0.25, 0.3) is 0 Å². The van der Waals surface area contributed by atoms with Crippen molar-refractivity contribution < 1.29 is 9.90 Å². The number of carbonyl (C=O) groups is 1. The number of nitrogens with zero attached hydrogens (tertiary/aromatic N) is 2. The van der Waals surface area contributed by atoms with Crippen LogP contribution in [0.15, 0.2) is 0 Å². The zero-order chi connectivity index (χ0) is 13.0. The van der Waals surface area contributed by atoms with E-state index in [0.29, 0.717) is 12.3 Å². The minimum absolute atomic E-state index is 0.344. The molecule has 2 aliphatic rings. The predicted molar refractivity (Wildman–Crippen MR) is 71.7 cm³/mol. The molecular weight excluding hydrogens is 228 g/mol. The maximum atomic E-state index is 10.6. The van der Waals surface area contributed by atoms with E-state index in [1.165, 1.54) is 51.9 Å². The van der Waals surface area contributed by atoms with Crippen LogP contribution in [0.3, 0.4) is 0 Å². The number of carboxylic acid groups (broad SMARTS) is 1. The first kappa shape index (κ1) is 13.8. The molecule has 0 aliphatic carbocycles. The molecule has 2 rings (SSSR count). The third-order valence-corrected chi connectivity index (χ3v) is 4.53. The Morgan fingerprint density at radius 3 is 2.56 bits per heavy atom. The van der Waals surface area contributed by atoms with Gasteiger partial charge in [0.15, 0.2) is 0 Å². The van der Waals surface area contributed by atoms with Crippen LogP contribution in [0.4, 0.5) is 0 Å². The number of likely N-dealkylation sites (N-methyl/N-ethyl adjacent to an activating group) is 1. The number of hydrogen-bond acceptors (Lipinski definition) is 3. The van der Waals surface area contributed by atoms with E-state index in [1.807, 2.05) is 0 Å². The van der Waals surface area contributed by atoms with Crippen LogP contribution in [0.5, 0.6) is 0 Å². The van der Waals surface area contributed by atoms with Gasteiger partial charge in [0.1, 0.15) is 0 Å². The fourth-order valence-corrected chi connectivity index (χ4v) is 3.37. The van der Waals surface area contributed by atoms with E-state index in [2.05, 4.69) is 16.8 Å². The van der Waals surface area contributed by atoms with Crippen molar-refractivity contribution in [1.29, 1.82) is 0 Å². The second-order valence-corrected chi connectivity index (χ2v) is 5.97. The molecule has 0 aromatic carbocycles. The largest absolute Gasteiger partial charge is 0.481 e. The molecule has 0 radical (unpaired) electrons.